The number of thiocarbonyl (C=S) groups is 1. The Balaban J connectivity index is 1.59. The Morgan fingerprint density at radius 2 is 1.90 bits per heavy atom. The SMILES string of the molecule is CCc1ccc(OCC(=O)NC(=S)Nc2sc3c(c2C(=O)OC)CCCC3)cc1. The molecule has 0 spiro atoms. The summed E-state index contributed by atoms with van der Waals surface area (Å²) in [6.45, 7) is 1.92. The van der Waals surface area contributed by atoms with Gasteiger partial charge in [0.25, 0.3) is 5.91 Å². The number of hydrogen-bond acceptors (Lipinski definition) is 6. The van der Waals surface area contributed by atoms with E-state index in [0.29, 0.717) is 16.3 Å². The van der Waals surface area contributed by atoms with Crippen LogP contribution < -0.4 is 15.4 Å². The lowest BCUT2D eigenvalue weighted by atomic mass is 9.95. The number of hydrogen-bond donors (Lipinski definition) is 2. The molecule has 2 N–H and O–H groups in total. The number of ether oxygens (including phenoxy) is 2. The number of fused-ring (bicyclic) bond motifs is 1. The number of aryl methyl sites for hydroxylation is 2. The van der Waals surface area contributed by atoms with Gasteiger partial charge < -0.3 is 14.8 Å². The van der Waals surface area contributed by atoms with Crippen LogP contribution >= 0.6 is 23.6 Å². The van der Waals surface area contributed by atoms with Crippen molar-refractivity contribution in [1.29, 1.82) is 0 Å². The predicted molar refractivity (Wildman–Crippen MR) is 118 cm³/mol. The van der Waals surface area contributed by atoms with Crippen LogP contribution in [-0.2, 0) is 28.8 Å². The maximum Gasteiger partial charge on any atom is 0.341 e. The van der Waals surface area contributed by atoms with Crippen LogP contribution in [-0.4, -0.2) is 30.7 Å². The molecule has 0 radical (unpaired) electrons. The molecule has 2 aromatic rings. The minimum atomic E-state index is -0.389. The Morgan fingerprint density at radius 3 is 2.59 bits per heavy atom. The second kappa shape index (κ2) is 9.84. The van der Waals surface area contributed by atoms with Crippen molar-refractivity contribution in [3.05, 3.63) is 45.8 Å². The van der Waals surface area contributed by atoms with Crippen molar-refractivity contribution in [3.63, 3.8) is 0 Å². The van der Waals surface area contributed by atoms with Gasteiger partial charge in [0.15, 0.2) is 11.7 Å². The van der Waals surface area contributed by atoms with E-state index in [1.54, 1.807) is 0 Å². The molecule has 8 heteroatoms. The first kappa shape index (κ1) is 21.3. The molecular formula is C21H24N2O4S2. The molecule has 1 aliphatic rings. The van der Waals surface area contributed by atoms with E-state index in [9.17, 15) is 9.59 Å². The topological polar surface area (TPSA) is 76.7 Å². The molecule has 0 bridgehead atoms. The number of carbonyl (C=O) groups is 2. The minimum absolute atomic E-state index is 0.128. The highest BCUT2D eigenvalue weighted by molar-refractivity contribution is 7.80. The molecule has 0 saturated heterocycles. The fraction of sp³-hybridized carbons (Fsp3) is 0.381. The number of methoxy groups -OCH3 is 1. The fourth-order valence-electron chi connectivity index (χ4n) is 3.24. The van der Waals surface area contributed by atoms with Crippen LogP contribution in [0.1, 0.15) is 46.1 Å². The van der Waals surface area contributed by atoms with Gasteiger partial charge in [-0.1, -0.05) is 19.1 Å². The van der Waals surface area contributed by atoms with E-state index in [-0.39, 0.29) is 23.6 Å². The Bertz CT molecular complexity index is 906. The molecule has 1 aromatic carbocycles. The Kier molecular flexibility index (Phi) is 7.22. The lowest BCUT2D eigenvalue weighted by molar-refractivity contribution is -0.121. The Morgan fingerprint density at radius 1 is 1.17 bits per heavy atom. The molecule has 0 saturated carbocycles. The van der Waals surface area contributed by atoms with E-state index in [1.807, 2.05) is 24.3 Å². The van der Waals surface area contributed by atoms with Crippen molar-refractivity contribution in [2.24, 2.45) is 0 Å². The van der Waals surface area contributed by atoms with Crippen LogP contribution in [0, 0.1) is 0 Å². The van der Waals surface area contributed by atoms with Crippen molar-refractivity contribution in [2.45, 2.75) is 39.0 Å². The number of benzene rings is 1. The van der Waals surface area contributed by atoms with Gasteiger partial charge in [-0.3, -0.25) is 10.1 Å². The molecule has 1 heterocycles. The molecule has 6 nitrogen and oxygen atoms in total. The van der Waals surface area contributed by atoms with Crippen molar-refractivity contribution in [3.8, 4) is 5.75 Å². The van der Waals surface area contributed by atoms with E-state index in [4.69, 9.17) is 21.7 Å². The highest BCUT2D eigenvalue weighted by Crippen LogP contribution is 2.38. The third kappa shape index (κ3) is 5.33. The molecule has 0 aliphatic heterocycles. The van der Waals surface area contributed by atoms with Gasteiger partial charge in [-0.05, 0) is 67.6 Å². The van der Waals surface area contributed by atoms with Crippen molar-refractivity contribution in [1.82, 2.24) is 5.32 Å². The van der Waals surface area contributed by atoms with Gasteiger partial charge in [-0.2, -0.15) is 0 Å². The van der Waals surface area contributed by atoms with Gasteiger partial charge in [-0.15, -0.1) is 11.3 Å². The number of rotatable bonds is 6. The number of amides is 1. The second-order valence-electron chi connectivity index (χ2n) is 6.70. The fourth-order valence-corrected chi connectivity index (χ4v) is 4.80. The largest absolute Gasteiger partial charge is 0.484 e. The molecule has 0 fully saturated rings. The van der Waals surface area contributed by atoms with Crippen LogP contribution in [0.4, 0.5) is 5.00 Å². The minimum Gasteiger partial charge on any atom is -0.484 e. The zero-order chi connectivity index (χ0) is 20.8. The van der Waals surface area contributed by atoms with E-state index < -0.39 is 0 Å². The van der Waals surface area contributed by atoms with Gasteiger partial charge in [0.05, 0.1) is 12.7 Å². The number of anilines is 1. The van der Waals surface area contributed by atoms with Gasteiger partial charge >= 0.3 is 5.97 Å². The zero-order valence-corrected chi connectivity index (χ0v) is 18.1. The summed E-state index contributed by atoms with van der Waals surface area (Å²) in [7, 11) is 1.36. The van der Waals surface area contributed by atoms with Gasteiger partial charge in [0.1, 0.15) is 10.8 Å². The van der Waals surface area contributed by atoms with Crippen molar-refractivity contribution >= 4 is 45.5 Å². The first-order valence-corrected chi connectivity index (χ1v) is 10.8. The van der Waals surface area contributed by atoms with Crippen molar-refractivity contribution in [2.75, 3.05) is 19.0 Å². The van der Waals surface area contributed by atoms with Crippen LogP contribution in [0.3, 0.4) is 0 Å². The highest BCUT2D eigenvalue weighted by Gasteiger charge is 2.26. The van der Waals surface area contributed by atoms with E-state index in [1.165, 1.54) is 28.9 Å². The number of carbonyl (C=O) groups excluding carboxylic acids is 2. The summed E-state index contributed by atoms with van der Waals surface area (Å²) in [6.07, 6.45) is 4.88. The summed E-state index contributed by atoms with van der Waals surface area (Å²) in [5.74, 6) is -0.141. The maximum absolute atomic E-state index is 12.3. The third-order valence-corrected chi connectivity index (χ3v) is 6.15. The average Bonchev–Trinajstić information content (AvgIpc) is 3.09. The van der Waals surface area contributed by atoms with Gasteiger partial charge in [-0.25, -0.2) is 4.79 Å². The molecule has 1 aliphatic carbocycles. The predicted octanol–water partition coefficient (Wildman–Crippen LogP) is 3.87. The van der Waals surface area contributed by atoms with Crippen molar-refractivity contribution < 1.29 is 19.1 Å². The summed E-state index contributed by atoms with van der Waals surface area (Å²) in [6, 6.07) is 7.60. The monoisotopic (exact) mass is 432 g/mol. The van der Waals surface area contributed by atoms with Crippen LogP contribution in [0.25, 0.3) is 0 Å². The van der Waals surface area contributed by atoms with Crippen LogP contribution in [0.5, 0.6) is 5.75 Å². The van der Waals surface area contributed by atoms with E-state index in [0.717, 1.165) is 37.7 Å². The lowest BCUT2D eigenvalue weighted by Gasteiger charge is -2.12. The Labute approximate surface area is 179 Å². The van der Waals surface area contributed by atoms with Gasteiger partial charge in [0, 0.05) is 4.88 Å². The molecule has 0 atom stereocenters. The summed E-state index contributed by atoms with van der Waals surface area (Å²) < 4.78 is 10.4. The standard InChI is InChI=1S/C21H24N2O4S2/c1-3-13-8-10-14(11-9-13)27-12-17(24)22-21(28)23-19-18(20(25)26-2)15-6-4-5-7-16(15)29-19/h8-11H,3-7,12H2,1-2H3,(H2,22,23,24,28). The molecule has 154 valence electrons. The number of nitrogens with one attached hydrogen (secondary N) is 2. The zero-order valence-electron chi connectivity index (χ0n) is 16.5. The highest BCUT2D eigenvalue weighted by atomic mass is 32.1. The number of thiophene rings is 1. The van der Waals surface area contributed by atoms with E-state index >= 15 is 0 Å². The summed E-state index contributed by atoms with van der Waals surface area (Å²) >= 11 is 6.75. The summed E-state index contributed by atoms with van der Waals surface area (Å²) in [4.78, 5) is 25.6. The summed E-state index contributed by atoms with van der Waals surface area (Å²) in [5.41, 5.74) is 2.76. The molecule has 1 amide bonds. The van der Waals surface area contributed by atoms with Gasteiger partial charge in [0.2, 0.25) is 0 Å². The molecule has 1 aromatic heterocycles. The maximum atomic E-state index is 12.3. The quantitative estimate of drug-likeness (QED) is 0.533. The number of esters is 1. The normalized spacial score (nSPS) is 12.6. The smallest absolute Gasteiger partial charge is 0.341 e. The first-order chi connectivity index (χ1) is 14.0. The summed E-state index contributed by atoms with van der Waals surface area (Å²) in [5, 5.41) is 6.33. The molecule has 0 unspecified atom stereocenters. The lowest BCUT2D eigenvalue weighted by Crippen LogP contribution is -2.37. The molecular weight excluding hydrogens is 408 g/mol. The third-order valence-electron chi connectivity index (χ3n) is 4.74. The average molecular weight is 433 g/mol. The van der Waals surface area contributed by atoms with Crippen LogP contribution in [0.2, 0.25) is 0 Å². The first-order valence-electron chi connectivity index (χ1n) is 9.57. The molecule has 29 heavy (non-hydrogen) atoms. The van der Waals surface area contributed by atoms with Crippen LogP contribution in [0.15, 0.2) is 24.3 Å². The Hall–Kier alpha value is -2.45. The second-order valence-corrected chi connectivity index (χ2v) is 8.21. The molecule has 3 rings (SSSR count). The van der Waals surface area contributed by atoms with E-state index in [2.05, 4.69) is 17.6 Å².